The second-order valence-electron chi connectivity index (χ2n) is 4.01. The van der Waals surface area contributed by atoms with Gasteiger partial charge in [-0.3, -0.25) is 0 Å². The topological polar surface area (TPSA) is 77.7 Å². The van der Waals surface area contributed by atoms with Crippen molar-refractivity contribution in [3.63, 3.8) is 0 Å². The fourth-order valence-electron chi connectivity index (χ4n) is 1.55. The van der Waals surface area contributed by atoms with E-state index in [0.29, 0.717) is 0 Å². The lowest BCUT2D eigenvalue weighted by Crippen LogP contribution is -2.13. The average molecular weight is 306 g/mol. The predicted molar refractivity (Wildman–Crippen MR) is 62.3 cm³/mol. The van der Waals surface area contributed by atoms with Crippen molar-refractivity contribution < 1.29 is 21.6 Å². The highest BCUT2D eigenvalue weighted by Crippen LogP contribution is 2.30. The van der Waals surface area contributed by atoms with E-state index in [1.165, 1.54) is 12.3 Å². The Bertz CT molecular complexity index is 752. The molecule has 2 aromatic rings. The average Bonchev–Trinajstić information content (AvgIpc) is 2.70. The van der Waals surface area contributed by atoms with E-state index in [4.69, 9.17) is 0 Å². The minimum absolute atomic E-state index is 0.0252. The Morgan fingerprint density at radius 2 is 1.90 bits per heavy atom. The van der Waals surface area contributed by atoms with Gasteiger partial charge in [-0.1, -0.05) is 0 Å². The molecule has 0 N–H and O–H groups in total. The van der Waals surface area contributed by atoms with Crippen LogP contribution in [-0.2, 0) is 23.1 Å². The van der Waals surface area contributed by atoms with Crippen LogP contribution in [0, 0.1) is 0 Å². The van der Waals surface area contributed by atoms with E-state index >= 15 is 0 Å². The number of nitrogens with zero attached hydrogens (tertiary/aromatic N) is 4. The molecule has 0 atom stereocenters. The molecule has 108 valence electrons. The molecule has 0 bridgehead atoms. The molecule has 0 aliphatic heterocycles. The van der Waals surface area contributed by atoms with Crippen LogP contribution in [0.15, 0.2) is 23.5 Å². The Labute approximate surface area is 112 Å². The molecular formula is C10H9F3N4O2S. The summed E-state index contributed by atoms with van der Waals surface area (Å²) < 4.78 is 61.4. The van der Waals surface area contributed by atoms with Gasteiger partial charge in [-0.15, -0.1) is 0 Å². The Kier molecular flexibility index (Phi) is 3.28. The minimum Gasteiger partial charge on any atom is -0.321 e. The summed E-state index contributed by atoms with van der Waals surface area (Å²) in [5, 5.41) is -0.266. The van der Waals surface area contributed by atoms with Crippen molar-refractivity contribution >= 4 is 9.84 Å². The third-order valence-electron chi connectivity index (χ3n) is 2.48. The molecule has 0 saturated carbocycles. The lowest BCUT2D eigenvalue weighted by Gasteiger charge is -2.08. The summed E-state index contributed by atoms with van der Waals surface area (Å²) in [5.41, 5.74) is -0.0252. The number of aromatic nitrogens is 4. The van der Waals surface area contributed by atoms with E-state index in [9.17, 15) is 21.6 Å². The molecule has 10 heteroatoms. The molecule has 2 heterocycles. The van der Waals surface area contributed by atoms with E-state index < -0.39 is 21.8 Å². The smallest absolute Gasteiger partial charge is 0.321 e. The SMILES string of the molecule is Cn1c(-c2nccc(S(C)(=O)=O)n2)cnc1C(F)(F)F. The van der Waals surface area contributed by atoms with Gasteiger partial charge in [0, 0.05) is 19.5 Å². The second-order valence-corrected chi connectivity index (χ2v) is 5.98. The van der Waals surface area contributed by atoms with Gasteiger partial charge >= 0.3 is 6.18 Å². The lowest BCUT2D eigenvalue weighted by molar-refractivity contribution is -0.146. The number of sulfone groups is 1. The third kappa shape index (κ3) is 2.64. The zero-order chi connectivity index (χ0) is 15.1. The van der Waals surface area contributed by atoms with E-state index in [1.54, 1.807) is 0 Å². The van der Waals surface area contributed by atoms with Crippen LogP contribution in [0.5, 0.6) is 0 Å². The van der Waals surface area contributed by atoms with Crippen LogP contribution in [0.4, 0.5) is 13.2 Å². The van der Waals surface area contributed by atoms with E-state index in [0.717, 1.165) is 24.1 Å². The maximum atomic E-state index is 12.6. The largest absolute Gasteiger partial charge is 0.449 e. The fourth-order valence-corrected chi connectivity index (χ4v) is 2.11. The number of halogens is 3. The first-order valence-corrected chi connectivity index (χ1v) is 7.12. The van der Waals surface area contributed by atoms with Crippen LogP contribution in [0.2, 0.25) is 0 Å². The zero-order valence-electron chi connectivity index (χ0n) is 10.4. The summed E-state index contributed by atoms with van der Waals surface area (Å²) in [6, 6.07) is 1.17. The van der Waals surface area contributed by atoms with Gasteiger partial charge in [0.2, 0.25) is 5.82 Å². The van der Waals surface area contributed by atoms with Crippen molar-refractivity contribution in [2.75, 3.05) is 6.26 Å². The van der Waals surface area contributed by atoms with Crippen molar-refractivity contribution in [3.05, 3.63) is 24.3 Å². The molecular weight excluding hydrogens is 297 g/mol. The molecule has 0 fully saturated rings. The van der Waals surface area contributed by atoms with Crippen LogP contribution in [0.25, 0.3) is 11.5 Å². The first-order chi connectivity index (χ1) is 9.10. The number of alkyl halides is 3. The summed E-state index contributed by atoms with van der Waals surface area (Å²) in [6.07, 6.45) is -1.55. The summed E-state index contributed by atoms with van der Waals surface area (Å²) >= 11 is 0. The monoisotopic (exact) mass is 306 g/mol. The Morgan fingerprint density at radius 3 is 2.40 bits per heavy atom. The number of hydrogen-bond donors (Lipinski definition) is 0. The first-order valence-electron chi connectivity index (χ1n) is 5.23. The van der Waals surface area contributed by atoms with Crippen molar-refractivity contribution in [1.29, 1.82) is 0 Å². The summed E-state index contributed by atoms with van der Waals surface area (Å²) in [4.78, 5) is 10.8. The maximum absolute atomic E-state index is 12.6. The van der Waals surface area contributed by atoms with E-state index in [2.05, 4.69) is 15.0 Å². The molecule has 0 aliphatic rings. The summed E-state index contributed by atoms with van der Waals surface area (Å²) in [7, 11) is -2.42. The molecule has 0 unspecified atom stereocenters. The normalized spacial score (nSPS) is 12.7. The van der Waals surface area contributed by atoms with Crippen LogP contribution >= 0.6 is 0 Å². The molecule has 0 aliphatic carbocycles. The summed E-state index contributed by atoms with van der Waals surface area (Å²) in [5.74, 6) is -1.25. The van der Waals surface area contributed by atoms with Gasteiger partial charge in [0.25, 0.3) is 0 Å². The van der Waals surface area contributed by atoms with Gasteiger partial charge in [-0.25, -0.2) is 23.4 Å². The Hall–Kier alpha value is -1.97. The highest BCUT2D eigenvalue weighted by Gasteiger charge is 2.36. The number of imidazole rings is 1. The Balaban J connectivity index is 2.57. The number of hydrogen-bond acceptors (Lipinski definition) is 5. The molecule has 0 aromatic carbocycles. The quantitative estimate of drug-likeness (QED) is 0.782. The van der Waals surface area contributed by atoms with Crippen LogP contribution in [-0.4, -0.2) is 34.2 Å². The third-order valence-corrected chi connectivity index (χ3v) is 3.47. The Morgan fingerprint density at radius 1 is 1.25 bits per heavy atom. The molecule has 0 saturated heterocycles. The second kappa shape index (κ2) is 4.54. The van der Waals surface area contributed by atoms with Gasteiger partial charge in [-0.2, -0.15) is 13.2 Å². The van der Waals surface area contributed by atoms with E-state index in [1.807, 2.05) is 0 Å². The van der Waals surface area contributed by atoms with Crippen LogP contribution < -0.4 is 0 Å². The molecule has 6 nitrogen and oxygen atoms in total. The lowest BCUT2D eigenvalue weighted by atomic mass is 10.4. The van der Waals surface area contributed by atoms with Crippen molar-refractivity contribution in [1.82, 2.24) is 19.5 Å². The molecule has 0 spiro atoms. The fraction of sp³-hybridized carbons (Fsp3) is 0.300. The first kappa shape index (κ1) is 14.4. The molecule has 2 rings (SSSR count). The molecule has 0 amide bonds. The highest BCUT2D eigenvalue weighted by molar-refractivity contribution is 7.90. The summed E-state index contributed by atoms with van der Waals surface area (Å²) in [6.45, 7) is 0. The molecule has 20 heavy (non-hydrogen) atoms. The van der Waals surface area contributed by atoms with Gasteiger partial charge < -0.3 is 4.57 Å². The molecule has 0 radical (unpaired) electrons. The predicted octanol–water partition coefficient (Wildman–Crippen LogP) is 1.30. The van der Waals surface area contributed by atoms with E-state index in [-0.39, 0.29) is 16.5 Å². The van der Waals surface area contributed by atoms with Gasteiger partial charge in [0.15, 0.2) is 20.7 Å². The van der Waals surface area contributed by atoms with Crippen LogP contribution in [0.1, 0.15) is 5.82 Å². The maximum Gasteiger partial charge on any atom is 0.449 e. The zero-order valence-corrected chi connectivity index (χ0v) is 11.2. The van der Waals surface area contributed by atoms with Crippen molar-refractivity contribution in [2.45, 2.75) is 11.2 Å². The standard InChI is InChI=1S/C10H9F3N4O2S/c1-17-6(5-15-9(17)10(11,12)13)8-14-4-3-7(16-8)20(2,18)19/h3-5H,1-2H3. The van der Waals surface area contributed by atoms with Crippen molar-refractivity contribution in [2.24, 2.45) is 7.05 Å². The van der Waals surface area contributed by atoms with Gasteiger partial charge in [-0.05, 0) is 6.07 Å². The number of rotatable bonds is 2. The minimum atomic E-state index is -4.61. The van der Waals surface area contributed by atoms with Gasteiger partial charge in [0.1, 0.15) is 5.69 Å². The van der Waals surface area contributed by atoms with Crippen LogP contribution in [0.3, 0.4) is 0 Å². The van der Waals surface area contributed by atoms with Gasteiger partial charge in [0.05, 0.1) is 6.20 Å². The van der Waals surface area contributed by atoms with Crippen molar-refractivity contribution in [3.8, 4) is 11.5 Å². The highest BCUT2D eigenvalue weighted by atomic mass is 32.2. The molecule has 2 aromatic heterocycles.